The molecule has 0 aromatic carbocycles. The molecule has 2 saturated heterocycles. The zero-order valence-electron chi connectivity index (χ0n) is 10.2. The van der Waals surface area contributed by atoms with E-state index in [9.17, 15) is 18.6 Å². The molecule has 1 atom stereocenters. The maximum Gasteiger partial charge on any atom is 0.331 e. The topological polar surface area (TPSA) is 83.6 Å². The van der Waals surface area contributed by atoms with E-state index in [4.69, 9.17) is 0 Å². The van der Waals surface area contributed by atoms with Crippen molar-refractivity contribution in [2.24, 2.45) is 5.92 Å². The quantitative estimate of drug-likeness (QED) is 0.717. The van der Waals surface area contributed by atoms with E-state index in [0.29, 0.717) is 30.8 Å². The third-order valence-corrected chi connectivity index (χ3v) is 4.81. The van der Waals surface area contributed by atoms with Crippen molar-refractivity contribution in [3.05, 3.63) is 0 Å². The number of amides is 4. The molecule has 18 heavy (non-hydrogen) atoms. The van der Waals surface area contributed by atoms with Crippen molar-refractivity contribution in [1.82, 2.24) is 10.2 Å². The van der Waals surface area contributed by atoms with E-state index in [1.807, 2.05) is 0 Å². The molecule has 0 aromatic rings. The van der Waals surface area contributed by atoms with Crippen LogP contribution in [0.15, 0.2) is 0 Å². The van der Waals surface area contributed by atoms with Gasteiger partial charge in [0.2, 0.25) is 11.8 Å². The van der Waals surface area contributed by atoms with Crippen molar-refractivity contribution in [3.8, 4) is 0 Å². The minimum absolute atomic E-state index is 0.225. The van der Waals surface area contributed by atoms with Crippen LogP contribution in [0.25, 0.3) is 0 Å². The standard InChI is InChI=1S/C11H16N2O4S/c1-2-8-9(14)12-11(16)13(10(8)15)7-3-5-18(17)6-4-7/h7-8H,2-6H2,1H3,(H,12,14,16). The van der Waals surface area contributed by atoms with Crippen LogP contribution in [-0.2, 0) is 20.4 Å². The number of imide groups is 2. The lowest BCUT2D eigenvalue weighted by Gasteiger charge is -2.37. The summed E-state index contributed by atoms with van der Waals surface area (Å²) < 4.78 is 11.3. The molecule has 1 N–H and O–H groups in total. The largest absolute Gasteiger partial charge is 0.331 e. The molecule has 0 saturated carbocycles. The van der Waals surface area contributed by atoms with Crippen LogP contribution in [0.4, 0.5) is 4.79 Å². The second-order valence-corrected chi connectivity index (χ2v) is 6.24. The predicted molar refractivity (Wildman–Crippen MR) is 65.1 cm³/mol. The SMILES string of the molecule is CCC1C(=O)NC(=O)N(C2CCS(=O)CC2)C1=O. The van der Waals surface area contributed by atoms with E-state index >= 15 is 0 Å². The van der Waals surface area contributed by atoms with Gasteiger partial charge in [0.25, 0.3) is 0 Å². The maximum atomic E-state index is 12.1. The Kier molecular flexibility index (Phi) is 3.79. The van der Waals surface area contributed by atoms with Crippen LogP contribution >= 0.6 is 0 Å². The monoisotopic (exact) mass is 272 g/mol. The van der Waals surface area contributed by atoms with Crippen molar-refractivity contribution in [2.45, 2.75) is 32.2 Å². The van der Waals surface area contributed by atoms with E-state index in [0.717, 1.165) is 4.90 Å². The molecule has 0 spiro atoms. The highest BCUT2D eigenvalue weighted by molar-refractivity contribution is 7.85. The molecule has 7 heteroatoms. The molecule has 2 aliphatic rings. The van der Waals surface area contributed by atoms with Crippen molar-refractivity contribution in [3.63, 3.8) is 0 Å². The summed E-state index contributed by atoms with van der Waals surface area (Å²) in [7, 11) is -0.842. The Morgan fingerprint density at radius 3 is 2.44 bits per heavy atom. The number of nitrogens with one attached hydrogen (secondary N) is 1. The highest BCUT2D eigenvalue weighted by Crippen LogP contribution is 2.22. The molecule has 2 heterocycles. The Morgan fingerprint density at radius 1 is 1.28 bits per heavy atom. The molecule has 100 valence electrons. The lowest BCUT2D eigenvalue weighted by Crippen LogP contribution is -2.61. The molecule has 2 fully saturated rings. The minimum Gasteiger partial charge on any atom is -0.277 e. The van der Waals surface area contributed by atoms with Gasteiger partial charge in [0, 0.05) is 28.3 Å². The first-order valence-corrected chi connectivity index (χ1v) is 7.56. The lowest BCUT2D eigenvalue weighted by molar-refractivity contribution is -0.144. The fraction of sp³-hybridized carbons (Fsp3) is 0.727. The number of rotatable bonds is 2. The van der Waals surface area contributed by atoms with Crippen LogP contribution in [0.5, 0.6) is 0 Å². The number of nitrogens with zero attached hydrogens (tertiary/aromatic N) is 1. The molecule has 4 amide bonds. The van der Waals surface area contributed by atoms with E-state index in [1.54, 1.807) is 6.92 Å². The molecule has 0 radical (unpaired) electrons. The van der Waals surface area contributed by atoms with Gasteiger partial charge in [-0.1, -0.05) is 6.92 Å². The van der Waals surface area contributed by atoms with Crippen LogP contribution in [-0.4, -0.2) is 44.5 Å². The molecule has 0 bridgehead atoms. The van der Waals surface area contributed by atoms with Gasteiger partial charge in [-0.2, -0.15) is 0 Å². The zero-order valence-corrected chi connectivity index (χ0v) is 11.0. The summed E-state index contributed by atoms with van der Waals surface area (Å²) in [4.78, 5) is 36.5. The smallest absolute Gasteiger partial charge is 0.277 e. The van der Waals surface area contributed by atoms with Gasteiger partial charge in [-0.25, -0.2) is 4.79 Å². The van der Waals surface area contributed by atoms with Crippen molar-refractivity contribution in [2.75, 3.05) is 11.5 Å². The number of carbonyl (C=O) groups is 3. The van der Waals surface area contributed by atoms with Gasteiger partial charge in [-0.15, -0.1) is 0 Å². The number of urea groups is 1. The van der Waals surface area contributed by atoms with Crippen LogP contribution < -0.4 is 5.32 Å². The Balaban J connectivity index is 2.15. The first-order chi connectivity index (χ1) is 8.54. The number of barbiturate groups is 1. The van der Waals surface area contributed by atoms with E-state index < -0.39 is 34.6 Å². The third kappa shape index (κ3) is 2.31. The number of hydrogen-bond acceptors (Lipinski definition) is 4. The molecule has 0 aromatic heterocycles. The van der Waals surface area contributed by atoms with Crippen molar-refractivity contribution >= 4 is 28.6 Å². The molecule has 2 aliphatic heterocycles. The normalized spacial score (nSPS) is 33.5. The Hall–Kier alpha value is -1.24. The van der Waals surface area contributed by atoms with E-state index in [2.05, 4.69) is 5.32 Å². The zero-order chi connectivity index (χ0) is 13.3. The average Bonchev–Trinajstić information content (AvgIpc) is 2.31. The van der Waals surface area contributed by atoms with E-state index in [-0.39, 0.29) is 6.04 Å². The molecular weight excluding hydrogens is 256 g/mol. The van der Waals surface area contributed by atoms with Gasteiger partial charge in [-0.3, -0.25) is 24.0 Å². The third-order valence-electron chi connectivity index (χ3n) is 3.43. The number of carbonyl (C=O) groups excluding carboxylic acids is 3. The van der Waals surface area contributed by atoms with E-state index in [1.165, 1.54) is 0 Å². The lowest BCUT2D eigenvalue weighted by atomic mass is 9.99. The average molecular weight is 272 g/mol. The fourth-order valence-corrected chi connectivity index (χ4v) is 3.65. The number of hydrogen-bond donors (Lipinski definition) is 1. The van der Waals surface area contributed by atoms with Gasteiger partial charge in [-0.05, 0) is 19.3 Å². The molecule has 1 unspecified atom stereocenters. The molecular formula is C11H16N2O4S. The van der Waals surface area contributed by atoms with Gasteiger partial charge in [0.05, 0.1) is 0 Å². The Morgan fingerprint density at radius 2 is 1.89 bits per heavy atom. The minimum atomic E-state index is -0.842. The van der Waals surface area contributed by atoms with Crippen molar-refractivity contribution < 1.29 is 18.6 Å². The second kappa shape index (κ2) is 5.17. The van der Waals surface area contributed by atoms with Gasteiger partial charge in [0.15, 0.2) is 0 Å². The summed E-state index contributed by atoms with van der Waals surface area (Å²) in [6.07, 6.45) is 1.49. The molecule has 6 nitrogen and oxygen atoms in total. The van der Waals surface area contributed by atoms with Gasteiger partial charge < -0.3 is 0 Å². The fourth-order valence-electron chi connectivity index (χ4n) is 2.38. The Labute approximate surface area is 108 Å². The highest BCUT2D eigenvalue weighted by atomic mass is 32.2. The summed E-state index contributed by atoms with van der Waals surface area (Å²) in [5.74, 6) is -0.680. The second-order valence-electron chi connectivity index (χ2n) is 4.54. The van der Waals surface area contributed by atoms with Crippen LogP contribution in [0.1, 0.15) is 26.2 Å². The first kappa shape index (κ1) is 13.2. The maximum absolute atomic E-state index is 12.1. The molecule has 0 aliphatic carbocycles. The van der Waals surface area contributed by atoms with Gasteiger partial charge in [0.1, 0.15) is 5.92 Å². The first-order valence-electron chi connectivity index (χ1n) is 6.07. The van der Waals surface area contributed by atoms with Crippen molar-refractivity contribution in [1.29, 1.82) is 0 Å². The molecule has 2 rings (SSSR count). The summed E-state index contributed by atoms with van der Waals surface area (Å²) in [6.45, 7) is 1.74. The summed E-state index contributed by atoms with van der Waals surface area (Å²) in [5.41, 5.74) is 0. The summed E-state index contributed by atoms with van der Waals surface area (Å²) in [6, 6.07) is -0.857. The highest BCUT2D eigenvalue weighted by Gasteiger charge is 2.43. The van der Waals surface area contributed by atoms with Crippen LogP contribution in [0.2, 0.25) is 0 Å². The predicted octanol–water partition coefficient (Wildman–Crippen LogP) is 0.00210. The Bertz CT molecular complexity index is 413. The van der Waals surface area contributed by atoms with Crippen LogP contribution in [0, 0.1) is 5.92 Å². The summed E-state index contributed by atoms with van der Waals surface area (Å²) >= 11 is 0. The van der Waals surface area contributed by atoms with Gasteiger partial charge >= 0.3 is 6.03 Å². The van der Waals surface area contributed by atoms with Crippen LogP contribution in [0.3, 0.4) is 0 Å². The summed E-state index contributed by atoms with van der Waals surface area (Å²) in [5, 5.41) is 2.22.